The monoisotopic (exact) mass is 550 g/mol. The number of carbonyl (C=O) groups is 1. The van der Waals surface area contributed by atoms with E-state index >= 15 is 0 Å². The van der Waals surface area contributed by atoms with Gasteiger partial charge in [0, 0.05) is 24.7 Å². The summed E-state index contributed by atoms with van der Waals surface area (Å²) in [5, 5.41) is 28.8. The van der Waals surface area contributed by atoms with Gasteiger partial charge in [-0.3, -0.25) is 19.7 Å². The highest BCUT2D eigenvalue weighted by molar-refractivity contribution is 7.89. The van der Waals surface area contributed by atoms with E-state index in [1.54, 1.807) is 19.1 Å². The van der Waals surface area contributed by atoms with E-state index in [2.05, 4.69) is 20.4 Å². The van der Waals surface area contributed by atoms with E-state index < -0.39 is 38.0 Å². The molecule has 0 bridgehead atoms. The average molecular weight is 551 g/mol. The lowest BCUT2D eigenvalue weighted by atomic mass is 10.0. The van der Waals surface area contributed by atoms with E-state index in [1.165, 1.54) is 55.5 Å². The molecule has 1 heterocycles. The molecule has 4 rings (SSSR count). The second-order valence-electron chi connectivity index (χ2n) is 8.48. The van der Waals surface area contributed by atoms with E-state index in [0.29, 0.717) is 5.69 Å². The summed E-state index contributed by atoms with van der Waals surface area (Å²) in [6.07, 6.45) is -1.64. The maximum atomic E-state index is 13.0. The number of sulfonamides is 1. The van der Waals surface area contributed by atoms with Crippen LogP contribution >= 0.6 is 0 Å². The number of anilines is 1. The van der Waals surface area contributed by atoms with Crippen molar-refractivity contribution in [2.24, 2.45) is 5.10 Å². The third-order valence-electron chi connectivity index (χ3n) is 5.55. The number of aryl methyl sites for hydroxylation is 1. The summed E-state index contributed by atoms with van der Waals surface area (Å²) in [7, 11) is -4.20. The minimum absolute atomic E-state index is 0.0617. The van der Waals surface area contributed by atoms with Crippen molar-refractivity contribution < 1.29 is 23.2 Å². The number of fused-ring (bicyclic) bond motifs is 1. The van der Waals surface area contributed by atoms with Gasteiger partial charge in [-0.2, -0.15) is 18.4 Å². The van der Waals surface area contributed by atoms with Gasteiger partial charge in [0.2, 0.25) is 5.91 Å². The second-order valence-corrected chi connectivity index (χ2v) is 10.1. The molecule has 1 aromatic heterocycles. The third kappa shape index (κ3) is 6.14. The normalized spacial score (nSPS) is 12.6. The molecule has 3 aromatic carbocycles. The minimum atomic E-state index is -4.20. The molecule has 0 saturated heterocycles. The first kappa shape index (κ1) is 27.1. The zero-order valence-corrected chi connectivity index (χ0v) is 21.4. The Balaban J connectivity index is 1.81. The van der Waals surface area contributed by atoms with Gasteiger partial charge in [0.25, 0.3) is 21.3 Å². The summed E-state index contributed by atoms with van der Waals surface area (Å²) < 4.78 is 25.7. The summed E-state index contributed by atoms with van der Waals surface area (Å²) in [4.78, 5) is 43.4. The number of nitrogens with zero attached hydrogens (tertiary/aromatic N) is 3. The molecular formula is C25H22N6O7S. The highest BCUT2D eigenvalue weighted by Gasteiger charge is 2.24. The van der Waals surface area contributed by atoms with Gasteiger partial charge in [-0.25, -0.2) is 4.98 Å². The Morgan fingerprint density at radius 1 is 1.10 bits per heavy atom. The summed E-state index contributed by atoms with van der Waals surface area (Å²) >= 11 is 0. The summed E-state index contributed by atoms with van der Waals surface area (Å²) in [6.45, 7) is 3.12. The molecule has 1 amide bonds. The summed E-state index contributed by atoms with van der Waals surface area (Å²) in [5.74, 6) is -0.303. The van der Waals surface area contributed by atoms with Gasteiger partial charge < -0.3 is 15.4 Å². The van der Waals surface area contributed by atoms with Crippen LogP contribution in [0.5, 0.6) is 0 Å². The number of aromatic nitrogens is 2. The number of hydrogen-bond donors (Lipinski definition) is 4. The molecule has 1 atom stereocenters. The SMILES string of the molecule is CC(=O)Nc1ccc(C(O)/C(=N/NS(=O)(=O)c2ccc(C)cc2)c2nc3ccc([N+](=O)[O-])cc3[nH]c2=O)cc1. The first-order valence-electron chi connectivity index (χ1n) is 11.3. The quantitative estimate of drug-likeness (QED) is 0.146. The Labute approximate surface area is 221 Å². The largest absolute Gasteiger partial charge is 0.382 e. The first-order valence-corrected chi connectivity index (χ1v) is 12.8. The molecule has 0 saturated carbocycles. The molecule has 39 heavy (non-hydrogen) atoms. The Kier molecular flexibility index (Phi) is 7.51. The zero-order chi connectivity index (χ0) is 28.3. The van der Waals surface area contributed by atoms with Crippen LogP contribution in [0.2, 0.25) is 0 Å². The van der Waals surface area contributed by atoms with E-state index in [-0.39, 0.29) is 33.1 Å². The predicted molar refractivity (Wildman–Crippen MR) is 143 cm³/mol. The third-order valence-corrected chi connectivity index (χ3v) is 6.78. The highest BCUT2D eigenvalue weighted by atomic mass is 32.2. The number of nitrogens with one attached hydrogen (secondary N) is 3. The van der Waals surface area contributed by atoms with E-state index in [9.17, 15) is 33.2 Å². The van der Waals surface area contributed by atoms with Crippen LogP contribution in [0.25, 0.3) is 11.0 Å². The molecule has 1 unspecified atom stereocenters. The lowest BCUT2D eigenvalue weighted by molar-refractivity contribution is -0.384. The van der Waals surface area contributed by atoms with E-state index in [1.807, 2.05) is 4.83 Å². The fraction of sp³-hybridized carbons (Fsp3) is 0.120. The lowest BCUT2D eigenvalue weighted by Gasteiger charge is -2.15. The van der Waals surface area contributed by atoms with Gasteiger partial charge in [0.15, 0.2) is 5.69 Å². The van der Waals surface area contributed by atoms with Crippen molar-refractivity contribution in [1.82, 2.24) is 14.8 Å². The molecule has 0 spiro atoms. The van der Waals surface area contributed by atoms with Gasteiger partial charge in [0.1, 0.15) is 11.8 Å². The van der Waals surface area contributed by atoms with Crippen LogP contribution in [-0.2, 0) is 14.8 Å². The molecule has 14 heteroatoms. The number of aliphatic hydroxyl groups excluding tert-OH is 1. The van der Waals surface area contributed by atoms with Crippen LogP contribution in [0.1, 0.15) is 29.8 Å². The van der Waals surface area contributed by atoms with Gasteiger partial charge >= 0.3 is 0 Å². The number of amides is 1. The Morgan fingerprint density at radius 2 is 1.77 bits per heavy atom. The number of hydrazone groups is 1. The lowest BCUT2D eigenvalue weighted by Crippen LogP contribution is -2.29. The molecule has 0 aliphatic rings. The van der Waals surface area contributed by atoms with Gasteiger partial charge in [0.05, 0.1) is 20.9 Å². The molecular weight excluding hydrogens is 528 g/mol. The zero-order valence-electron chi connectivity index (χ0n) is 20.6. The number of nitro groups is 1. The summed E-state index contributed by atoms with van der Waals surface area (Å²) in [5.41, 5.74) is -0.298. The number of hydrogen-bond acceptors (Lipinski definition) is 9. The number of benzene rings is 3. The molecule has 200 valence electrons. The van der Waals surface area contributed by atoms with Crippen LogP contribution in [0.4, 0.5) is 11.4 Å². The number of nitro benzene ring substituents is 1. The van der Waals surface area contributed by atoms with E-state index in [0.717, 1.165) is 11.6 Å². The van der Waals surface area contributed by atoms with Crippen LogP contribution < -0.4 is 15.7 Å². The maximum absolute atomic E-state index is 13.0. The molecule has 4 aromatic rings. The van der Waals surface area contributed by atoms with Crippen LogP contribution in [0.15, 0.2) is 81.5 Å². The smallest absolute Gasteiger partial charge is 0.276 e. The minimum Gasteiger partial charge on any atom is -0.382 e. The Bertz CT molecular complexity index is 1770. The van der Waals surface area contributed by atoms with Crippen LogP contribution in [0, 0.1) is 17.0 Å². The fourth-order valence-electron chi connectivity index (χ4n) is 3.59. The van der Waals surface area contributed by atoms with Crippen molar-refractivity contribution in [3.63, 3.8) is 0 Å². The van der Waals surface area contributed by atoms with Gasteiger partial charge in [-0.1, -0.05) is 29.8 Å². The van der Waals surface area contributed by atoms with Crippen molar-refractivity contribution in [2.45, 2.75) is 24.8 Å². The van der Waals surface area contributed by atoms with Crippen LogP contribution in [-0.4, -0.2) is 40.0 Å². The molecule has 4 N–H and O–H groups in total. The molecule has 13 nitrogen and oxygen atoms in total. The van der Waals surface area contributed by atoms with Crippen molar-refractivity contribution in [2.75, 3.05) is 5.32 Å². The van der Waals surface area contributed by atoms with Crippen LogP contribution in [0.3, 0.4) is 0 Å². The van der Waals surface area contributed by atoms with Gasteiger partial charge in [-0.15, -0.1) is 0 Å². The Morgan fingerprint density at radius 3 is 2.38 bits per heavy atom. The number of aromatic amines is 1. The molecule has 0 fully saturated rings. The average Bonchev–Trinajstić information content (AvgIpc) is 2.88. The van der Waals surface area contributed by atoms with Crippen molar-refractivity contribution in [1.29, 1.82) is 0 Å². The number of H-pyrrole nitrogens is 1. The second kappa shape index (κ2) is 10.8. The van der Waals surface area contributed by atoms with Crippen molar-refractivity contribution >= 4 is 44.1 Å². The molecule has 0 aliphatic carbocycles. The van der Waals surface area contributed by atoms with Gasteiger partial charge in [-0.05, 0) is 42.8 Å². The Hall–Kier alpha value is -4.95. The standard InChI is InChI=1S/C25H22N6O7S/c1-14-3-10-19(11-4-14)39(37,38)30-29-22(24(33)16-5-7-17(8-6-16)26-15(2)32)23-25(34)28-21-13-18(31(35)36)9-12-20(21)27-23/h3-13,24,30,33H,1-2H3,(H,26,32)(H,28,34)/b29-22+. The van der Waals surface area contributed by atoms with Crippen molar-refractivity contribution in [3.8, 4) is 0 Å². The fourth-order valence-corrected chi connectivity index (χ4v) is 4.41. The number of non-ortho nitro benzene ring substituents is 1. The van der Waals surface area contributed by atoms with Crippen molar-refractivity contribution in [3.05, 3.63) is 104 Å². The number of rotatable bonds is 8. The number of aliphatic hydroxyl groups is 1. The predicted octanol–water partition coefficient (Wildman–Crippen LogP) is 2.51. The van der Waals surface area contributed by atoms with E-state index in [4.69, 9.17) is 0 Å². The molecule has 0 aliphatic heterocycles. The molecule has 0 radical (unpaired) electrons. The number of carbonyl (C=O) groups excluding carboxylic acids is 1. The highest BCUT2D eigenvalue weighted by Crippen LogP contribution is 2.22. The topological polar surface area (TPSA) is 197 Å². The first-order chi connectivity index (χ1) is 18.4. The maximum Gasteiger partial charge on any atom is 0.276 e. The summed E-state index contributed by atoms with van der Waals surface area (Å²) in [6, 6.07) is 15.5.